The van der Waals surface area contributed by atoms with Crippen molar-refractivity contribution in [3.63, 3.8) is 0 Å². The van der Waals surface area contributed by atoms with E-state index in [0.717, 1.165) is 44.0 Å². The summed E-state index contributed by atoms with van der Waals surface area (Å²) in [4.78, 5) is 23.2. The van der Waals surface area contributed by atoms with E-state index in [-0.39, 0.29) is 11.7 Å². The molecule has 6 nitrogen and oxygen atoms in total. The molecule has 1 saturated heterocycles. The van der Waals surface area contributed by atoms with Gasteiger partial charge in [-0.25, -0.2) is 4.39 Å². The van der Waals surface area contributed by atoms with Crippen molar-refractivity contribution in [3.8, 4) is 0 Å². The number of piperazine rings is 1. The Kier molecular flexibility index (Phi) is 6.81. The molecule has 1 aromatic heterocycles. The van der Waals surface area contributed by atoms with Gasteiger partial charge < -0.3 is 20.0 Å². The molecule has 1 aromatic carbocycles. The monoisotopic (exact) mass is 385 g/mol. The summed E-state index contributed by atoms with van der Waals surface area (Å²) in [5, 5.41) is 3.36. The minimum Gasteiger partial charge on any atom is -0.385 e. The maximum atomic E-state index is 13.1. The Morgan fingerprint density at radius 2 is 1.86 bits per heavy atom. The van der Waals surface area contributed by atoms with Crippen LogP contribution in [0.5, 0.6) is 0 Å². The molecule has 2 heterocycles. The van der Waals surface area contributed by atoms with Crippen molar-refractivity contribution in [3.05, 3.63) is 54.1 Å². The molecule has 1 aliphatic heterocycles. The molecule has 1 N–H and O–H groups in total. The largest absolute Gasteiger partial charge is 0.385 e. The van der Waals surface area contributed by atoms with Gasteiger partial charge in [-0.15, -0.1) is 0 Å². The van der Waals surface area contributed by atoms with Crippen molar-refractivity contribution >= 4 is 17.3 Å². The molecule has 0 unspecified atom stereocenters. The molecule has 0 bridgehead atoms. The molecule has 0 radical (unpaired) electrons. The van der Waals surface area contributed by atoms with Crippen LogP contribution in [-0.4, -0.2) is 74.1 Å². The summed E-state index contributed by atoms with van der Waals surface area (Å²) in [6.07, 6.45) is 2.71. The number of hydrogen-bond donors (Lipinski definition) is 1. The number of rotatable bonds is 7. The molecule has 1 aliphatic rings. The fourth-order valence-electron chi connectivity index (χ4n) is 3.27. The molecule has 3 rings (SSSR count). The van der Waals surface area contributed by atoms with E-state index < -0.39 is 0 Å². The lowest BCUT2D eigenvalue weighted by molar-refractivity contribution is 0.0741. The highest BCUT2D eigenvalue weighted by Crippen LogP contribution is 2.18. The zero-order valence-electron chi connectivity index (χ0n) is 16.6. The Morgan fingerprint density at radius 1 is 1.14 bits per heavy atom. The second-order valence-electron chi connectivity index (χ2n) is 7.27. The highest BCUT2D eigenvalue weighted by molar-refractivity contribution is 5.93. The third-order valence-electron chi connectivity index (χ3n) is 4.85. The molecular formula is C21H28FN5O. The van der Waals surface area contributed by atoms with Gasteiger partial charge >= 0.3 is 0 Å². The number of hydrogen-bond acceptors (Lipinski definition) is 5. The van der Waals surface area contributed by atoms with E-state index in [1.54, 1.807) is 18.3 Å². The van der Waals surface area contributed by atoms with Gasteiger partial charge in [0, 0.05) is 50.3 Å². The highest BCUT2D eigenvalue weighted by Gasteiger charge is 2.23. The second-order valence-corrected chi connectivity index (χ2v) is 7.27. The van der Waals surface area contributed by atoms with Gasteiger partial charge in [0.15, 0.2) is 0 Å². The van der Waals surface area contributed by atoms with E-state index in [4.69, 9.17) is 0 Å². The van der Waals surface area contributed by atoms with E-state index in [1.165, 1.54) is 12.1 Å². The quantitative estimate of drug-likeness (QED) is 0.743. The van der Waals surface area contributed by atoms with Crippen LogP contribution in [0.1, 0.15) is 16.9 Å². The van der Waals surface area contributed by atoms with E-state index in [0.29, 0.717) is 18.8 Å². The predicted octanol–water partition coefficient (Wildman–Crippen LogP) is 2.55. The van der Waals surface area contributed by atoms with Crippen molar-refractivity contribution in [2.75, 3.05) is 63.6 Å². The Balaban J connectivity index is 1.53. The number of pyridine rings is 1. The molecule has 1 fully saturated rings. The van der Waals surface area contributed by atoms with Gasteiger partial charge in [0.1, 0.15) is 11.5 Å². The maximum Gasteiger partial charge on any atom is 0.272 e. The summed E-state index contributed by atoms with van der Waals surface area (Å²) in [5.41, 5.74) is 2.37. The van der Waals surface area contributed by atoms with Gasteiger partial charge in [-0.2, -0.15) is 0 Å². The first-order chi connectivity index (χ1) is 13.5. The summed E-state index contributed by atoms with van der Waals surface area (Å²) >= 11 is 0. The first-order valence-corrected chi connectivity index (χ1v) is 9.67. The van der Waals surface area contributed by atoms with Gasteiger partial charge in [-0.3, -0.25) is 9.78 Å². The zero-order valence-corrected chi connectivity index (χ0v) is 16.6. The number of nitrogens with one attached hydrogen (secondary N) is 1. The Labute approximate surface area is 166 Å². The van der Waals surface area contributed by atoms with Crippen LogP contribution < -0.4 is 10.2 Å². The van der Waals surface area contributed by atoms with Crippen LogP contribution >= 0.6 is 0 Å². The topological polar surface area (TPSA) is 51.7 Å². The van der Waals surface area contributed by atoms with Crippen molar-refractivity contribution in [1.82, 2.24) is 14.8 Å². The van der Waals surface area contributed by atoms with E-state index in [1.807, 2.05) is 17.0 Å². The van der Waals surface area contributed by atoms with Crippen LogP contribution in [0, 0.1) is 5.82 Å². The van der Waals surface area contributed by atoms with Gasteiger partial charge in [0.05, 0.1) is 0 Å². The van der Waals surface area contributed by atoms with Crippen LogP contribution in [-0.2, 0) is 0 Å². The summed E-state index contributed by atoms with van der Waals surface area (Å²) < 4.78 is 13.1. The standard InChI is InChI=1S/C21H28FN5O/c1-25(2)11-3-9-23-18-8-10-24-20(16-18)21(28)27-14-12-26(13-15-27)19-6-4-17(22)5-7-19/h4-8,10,16H,3,9,11-15H2,1-2H3,(H,23,24). The van der Waals surface area contributed by atoms with Crippen LogP contribution in [0.4, 0.5) is 15.8 Å². The Morgan fingerprint density at radius 3 is 2.54 bits per heavy atom. The lowest BCUT2D eigenvalue weighted by Gasteiger charge is -2.36. The normalized spacial score (nSPS) is 14.4. The van der Waals surface area contributed by atoms with Gasteiger partial charge in [0.25, 0.3) is 5.91 Å². The van der Waals surface area contributed by atoms with Gasteiger partial charge in [-0.1, -0.05) is 0 Å². The average Bonchev–Trinajstić information content (AvgIpc) is 2.71. The summed E-state index contributed by atoms with van der Waals surface area (Å²) in [6.45, 7) is 4.56. The Hall–Kier alpha value is -2.67. The van der Waals surface area contributed by atoms with Crippen LogP contribution in [0.25, 0.3) is 0 Å². The highest BCUT2D eigenvalue weighted by atomic mass is 19.1. The minimum absolute atomic E-state index is 0.0457. The number of amides is 1. The zero-order chi connectivity index (χ0) is 19.9. The molecule has 0 atom stereocenters. The fourth-order valence-corrected chi connectivity index (χ4v) is 3.27. The number of benzene rings is 1. The number of carbonyl (C=O) groups excluding carboxylic acids is 1. The number of anilines is 2. The van der Waals surface area contributed by atoms with Crippen LogP contribution in [0.15, 0.2) is 42.6 Å². The molecule has 0 aliphatic carbocycles. The smallest absolute Gasteiger partial charge is 0.272 e. The molecule has 28 heavy (non-hydrogen) atoms. The van der Waals surface area contributed by atoms with E-state index >= 15 is 0 Å². The predicted molar refractivity (Wildman–Crippen MR) is 110 cm³/mol. The summed E-state index contributed by atoms with van der Waals surface area (Å²) in [6, 6.07) is 10.2. The van der Waals surface area contributed by atoms with Crippen molar-refractivity contribution in [1.29, 1.82) is 0 Å². The number of nitrogens with zero attached hydrogens (tertiary/aromatic N) is 4. The van der Waals surface area contributed by atoms with Gasteiger partial charge in [-0.05, 0) is 63.5 Å². The fraction of sp³-hybridized carbons (Fsp3) is 0.429. The lowest BCUT2D eigenvalue weighted by atomic mass is 10.2. The lowest BCUT2D eigenvalue weighted by Crippen LogP contribution is -2.49. The molecular weight excluding hydrogens is 357 g/mol. The van der Waals surface area contributed by atoms with Crippen molar-refractivity contribution in [2.45, 2.75) is 6.42 Å². The molecule has 7 heteroatoms. The van der Waals surface area contributed by atoms with Crippen LogP contribution in [0.3, 0.4) is 0 Å². The second kappa shape index (κ2) is 9.50. The summed E-state index contributed by atoms with van der Waals surface area (Å²) in [7, 11) is 4.11. The minimum atomic E-state index is -0.237. The molecule has 0 spiro atoms. The SMILES string of the molecule is CN(C)CCCNc1ccnc(C(=O)N2CCN(c3ccc(F)cc3)CC2)c1. The third kappa shape index (κ3) is 5.42. The number of carbonyl (C=O) groups is 1. The molecule has 0 saturated carbocycles. The van der Waals surface area contributed by atoms with Crippen LogP contribution in [0.2, 0.25) is 0 Å². The Bertz CT molecular complexity index is 773. The van der Waals surface area contributed by atoms with Crippen molar-refractivity contribution in [2.24, 2.45) is 0 Å². The van der Waals surface area contributed by atoms with Gasteiger partial charge in [0.2, 0.25) is 0 Å². The first-order valence-electron chi connectivity index (χ1n) is 9.67. The first kappa shape index (κ1) is 20.1. The molecule has 150 valence electrons. The average molecular weight is 385 g/mol. The summed E-state index contributed by atoms with van der Waals surface area (Å²) in [5.74, 6) is -0.283. The molecule has 2 aromatic rings. The molecule has 1 amide bonds. The number of aromatic nitrogens is 1. The van der Waals surface area contributed by atoms with E-state index in [9.17, 15) is 9.18 Å². The third-order valence-corrected chi connectivity index (χ3v) is 4.85. The van der Waals surface area contributed by atoms with E-state index in [2.05, 4.69) is 34.2 Å². The number of halogens is 1. The maximum absolute atomic E-state index is 13.1. The van der Waals surface area contributed by atoms with Crippen molar-refractivity contribution < 1.29 is 9.18 Å².